The summed E-state index contributed by atoms with van der Waals surface area (Å²) in [5.41, 5.74) is -1.45. The number of aryl methyl sites for hydroxylation is 1. The molecule has 1 fully saturated rings. The van der Waals surface area contributed by atoms with Gasteiger partial charge in [-0.3, -0.25) is 14.7 Å². The highest BCUT2D eigenvalue weighted by Crippen LogP contribution is 2.37. The van der Waals surface area contributed by atoms with Crippen molar-refractivity contribution >= 4 is 16.9 Å². The normalized spacial score (nSPS) is 20.0. The van der Waals surface area contributed by atoms with Crippen LogP contribution in [0.2, 0.25) is 0 Å². The summed E-state index contributed by atoms with van der Waals surface area (Å²) in [6.45, 7) is 1.60. The molecule has 1 amide bonds. The quantitative estimate of drug-likeness (QED) is 0.729. The molecule has 2 N–H and O–H groups in total. The van der Waals surface area contributed by atoms with Crippen LogP contribution in [0.4, 0.5) is 8.78 Å². The smallest absolute Gasteiger partial charge is 0.272 e. The maximum absolute atomic E-state index is 15.4. The van der Waals surface area contributed by atoms with E-state index in [4.69, 9.17) is 0 Å². The molecule has 1 atom stereocenters. The van der Waals surface area contributed by atoms with Gasteiger partial charge in [-0.05, 0) is 30.2 Å². The van der Waals surface area contributed by atoms with Gasteiger partial charge in [-0.25, -0.2) is 13.8 Å². The average molecular weight is 359 g/mol. The van der Waals surface area contributed by atoms with Gasteiger partial charge in [-0.2, -0.15) is 5.10 Å². The van der Waals surface area contributed by atoms with E-state index in [9.17, 15) is 14.0 Å². The molecule has 4 rings (SSSR count). The number of benzene rings is 1. The van der Waals surface area contributed by atoms with Crippen molar-refractivity contribution in [1.29, 1.82) is 0 Å². The van der Waals surface area contributed by atoms with Crippen molar-refractivity contribution in [2.24, 2.45) is 0 Å². The number of halogens is 2. The lowest BCUT2D eigenvalue weighted by Crippen LogP contribution is -2.33. The highest BCUT2D eigenvalue weighted by Gasteiger charge is 2.43. The zero-order chi connectivity index (χ0) is 18.5. The highest BCUT2D eigenvalue weighted by molar-refractivity contribution is 6.03. The van der Waals surface area contributed by atoms with Gasteiger partial charge in [0.25, 0.3) is 11.5 Å². The topological polar surface area (TPSA) is 94.7 Å². The predicted molar refractivity (Wildman–Crippen MR) is 89.0 cm³/mol. The van der Waals surface area contributed by atoms with Crippen LogP contribution in [0.3, 0.4) is 0 Å². The largest absolute Gasteiger partial charge is 0.334 e. The van der Waals surface area contributed by atoms with Crippen LogP contribution in [-0.2, 0) is 5.67 Å². The van der Waals surface area contributed by atoms with E-state index >= 15 is 4.39 Å². The molecule has 2 aromatic heterocycles. The first-order valence-electron chi connectivity index (χ1n) is 8.05. The third-order valence-electron chi connectivity index (χ3n) is 4.64. The molecule has 0 saturated carbocycles. The van der Waals surface area contributed by atoms with Crippen molar-refractivity contribution in [3.8, 4) is 0 Å². The van der Waals surface area contributed by atoms with Crippen molar-refractivity contribution in [2.45, 2.75) is 19.0 Å². The number of fused-ring (bicyclic) bond motifs is 1. The number of hydrogen-bond acceptors (Lipinski definition) is 4. The van der Waals surface area contributed by atoms with Crippen LogP contribution in [0.5, 0.6) is 0 Å². The number of aromatic amines is 2. The van der Waals surface area contributed by atoms with Crippen LogP contribution < -0.4 is 5.56 Å². The van der Waals surface area contributed by atoms with Crippen molar-refractivity contribution < 1.29 is 13.6 Å². The van der Waals surface area contributed by atoms with Gasteiger partial charge in [0.1, 0.15) is 16.9 Å². The van der Waals surface area contributed by atoms with Crippen LogP contribution in [0.15, 0.2) is 29.3 Å². The van der Waals surface area contributed by atoms with E-state index in [2.05, 4.69) is 20.2 Å². The Morgan fingerprint density at radius 3 is 2.92 bits per heavy atom. The number of likely N-dealkylation sites (tertiary alicyclic amines) is 1. The molecule has 1 saturated heterocycles. The van der Waals surface area contributed by atoms with Gasteiger partial charge in [-0.15, -0.1) is 0 Å². The molecule has 9 heteroatoms. The van der Waals surface area contributed by atoms with Crippen molar-refractivity contribution in [1.82, 2.24) is 25.1 Å². The van der Waals surface area contributed by atoms with Crippen molar-refractivity contribution in [3.05, 3.63) is 57.5 Å². The summed E-state index contributed by atoms with van der Waals surface area (Å²) in [4.78, 5) is 32.3. The summed E-state index contributed by atoms with van der Waals surface area (Å²) in [6, 6.07) is 4.05. The molecule has 0 bridgehead atoms. The molecule has 1 unspecified atom stereocenters. The van der Waals surface area contributed by atoms with E-state index in [1.807, 2.05) is 0 Å². The monoisotopic (exact) mass is 359 g/mol. The molecular weight excluding hydrogens is 344 g/mol. The fourth-order valence-corrected chi connectivity index (χ4v) is 3.35. The van der Waals surface area contributed by atoms with Crippen molar-refractivity contribution in [2.75, 3.05) is 13.1 Å². The molecule has 0 aliphatic carbocycles. The first-order valence-corrected chi connectivity index (χ1v) is 8.05. The summed E-state index contributed by atoms with van der Waals surface area (Å²) in [5, 5.41) is 6.39. The molecule has 1 aromatic carbocycles. The molecule has 1 aliphatic heterocycles. The lowest BCUT2D eigenvalue weighted by molar-refractivity contribution is 0.0746. The third kappa shape index (κ3) is 2.56. The first-order chi connectivity index (χ1) is 12.4. The number of nitrogens with one attached hydrogen (secondary N) is 2. The van der Waals surface area contributed by atoms with Gasteiger partial charge in [0.05, 0.1) is 12.9 Å². The Morgan fingerprint density at radius 1 is 1.35 bits per heavy atom. The second kappa shape index (κ2) is 5.72. The van der Waals surface area contributed by atoms with Gasteiger partial charge in [0, 0.05) is 13.0 Å². The van der Waals surface area contributed by atoms with E-state index < -0.39 is 23.0 Å². The zero-order valence-corrected chi connectivity index (χ0v) is 13.8. The molecule has 1 aliphatic rings. The number of amides is 1. The number of H-pyrrole nitrogens is 2. The fraction of sp³-hybridized carbons (Fsp3) is 0.294. The van der Waals surface area contributed by atoms with E-state index in [0.29, 0.717) is 5.56 Å². The minimum atomic E-state index is -1.84. The Hall–Kier alpha value is -3.10. The van der Waals surface area contributed by atoms with Gasteiger partial charge >= 0.3 is 0 Å². The van der Waals surface area contributed by atoms with Crippen LogP contribution in [0.1, 0.15) is 28.0 Å². The number of carbonyl (C=O) groups is 1. The minimum absolute atomic E-state index is 0.0333. The maximum Gasteiger partial charge on any atom is 0.272 e. The lowest BCUT2D eigenvalue weighted by Gasteiger charge is -2.21. The molecule has 3 aromatic rings. The zero-order valence-electron chi connectivity index (χ0n) is 13.8. The average Bonchev–Trinajstić information content (AvgIpc) is 3.19. The Balaban J connectivity index is 1.66. The van der Waals surface area contributed by atoms with Crippen molar-refractivity contribution in [3.63, 3.8) is 0 Å². The Morgan fingerprint density at radius 2 is 2.15 bits per heavy atom. The van der Waals surface area contributed by atoms with Crippen LogP contribution >= 0.6 is 0 Å². The Labute approximate surface area is 146 Å². The number of rotatable bonds is 2. The molecule has 7 nitrogen and oxygen atoms in total. The Bertz CT molecular complexity index is 1060. The van der Waals surface area contributed by atoms with E-state index in [1.54, 1.807) is 13.0 Å². The van der Waals surface area contributed by atoms with Crippen LogP contribution in [-0.4, -0.2) is 44.1 Å². The van der Waals surface area contributed by atoms with Crippen LogP contribution in [0.25, 0.3) is 11.0 Å². The predicted octanol–water partition coefficient (Wildman–Crippen LogP) is 1.80. The highest BCUT2D eigenvalue weighted by atomic mass is 19.1. The maximum atomic E-state index is 15.4. The minimum Gasteiger partial charge on any atom is -0.334 e. The summed E-state index contributed by atoms with van der Waals surface area (Å²) in [5.74, 6) is -1.06. The summed E-state index contributed by atoms with van der Waals surface area (Å²) in [6.07, 6.45) is 1.23. The van der Waals surface area contributed by atoms with E-state index in [-0.39, 0.29) is 41.8 Å². The van der Waals surface area contributed by atoms with Gasteiger partial charge in [0.15, 0.2) is 11.3 Å². The second-order valence-corrected chi connectivity index (χ2v) is 6.49. The number of nitrogens with zero attached hydrogens (tertiary/aromatic N) is 3. The van der Waals surface area contributed by atoms with Gasteiger partial charge in [-0.1, -0.05) is 6.07 Å². The fourth-order valence-electron chi connectivity index (χ4n) is 3.35. The van der Waals surface area contributed by atoms with Crippen LogP contribution in [0, 0.1) is 12.7 Å². The third-order valence-corrected chi connectivity index (χ3v) is 4.64. The number of aromatic nitrogens is 4. The molecule has 26 heavy (non-hydrogen) atoms. The molecule has 3 heterocycles. The lowest BCUT2D eigenvalue weighted by atomic mass is 9.93. The summed E-state index contributed by atoms with van der Waals surface area (Å²) >= 11 is 0. The summed E-state index contributed by atoms with van der Waals surface area (Å²) < 4.78 is 29.0. The second-order valence-electron chi connectivity index (χ2n) is 6.49. The van der Waals surface area contributed by atoms with E-state index in [0.717, 1.165) is 6.07 Å². The number of alkyl halides is 1. The van der Waals surface area contributed by atoms with Gasteiger partial charge < -0.3 is 9.88 Å². The molecular formula is C17H15F2N5O2. The first kappa shape index (κ1) is 16.4. The SMILES string of the molecule is Cc1cc(F)cc(C2(F)CCN(C(=O)c3[nH]nc4nc[nH]c(=O)c34)C2)c1. The molecule has 134 valence electrons. The molecule has 0 radical (unpaired) electrons. The standard InChI is InChI=1S/C17H15F2N5O2/c1-9-4-10(6-11(18)5-9)17(19)2-3-24(7-17)16(26)13-12-14(23-22-13)20-8-21-15(12)25/h4-6,8H,2-3,7H2,1H3,(H2,20,21,22,23,25). The Kier molecular flexibility index (Phi) is 3.60. The number of carbonyl (C=O) groups excluding carboxylic acids is 1. The van der Waals surface area contributed by atoms with E-state index in [1.165, 1.54) is 17.3 Å². The van der Waals surface area contributed by atoms with Gasteiger partial charge in [0.2, 0.25) is 0 Å². The number of hydrogen-bond donors (Lipinski definition) is 2. The molecule has 0 spiro atoms. The summed E-state index contributed by atoms with van der Waals surface area (Å²) in [7, 11) is 0.